The van der Waals surface area contributed by atoms with Crippen LogP contribution >= 0.6 is 0 Å². The standard InChI is InChI=1S/C15H26N2O2/c1-2-19-13-10-12(15(13)7-5-8-15)17-14(18)11-6-3-4-9-16-11/h11-13,16H,2-10H2,1H3,(H,17,18). The second kappa shape index (κ2) is 5.41. The fraction of sp³-hybridized carbons (Fsp3) is 0.933. The molecule has 2 N–H and O–H groups in total. The number of carbonyl (C=O) groups excluding carboxylic acids is 1. The first-order chi connectivity index (χ1) is 9.26. The molecule has 4 nitrogen and oxygen atoms in total. The van der Waals surface area contributed by atoms with Crippen LogP contribution in [0.5, 0.6) is 0 Å². The van der Waals surface area contributed by atoms with Crippen LogP contribution in [0, 0.1) is 5.41 Å². The van der Waals surface area contributed by atoms with Crippen molar-refractivity contribution in [2.45, 2.75) is 70.1 Å². The largest absolute Gasteiger partial charge is 0.378 e. The molecule has 3 rings (SSSR count). The summed E-state index contributed by atoms with van der Waals surface area (Å²) in [5, 5.41) is 6.61. The summed E-state index contributed by atoms with van der Waals surface area (Å²) in [5.41, 5.74) is 0.278. The fourth-order valence-corrected chi connectivity index (χ4v) is 3.99. The van der Waals surface area contributed by atoms with E-state index in [1.54, 1.807) is 0 Å². The van der Waals surface area contributed by atoms with Crippen molar-refractivity contribution in [3.8, 4) is 0 Å². The second-order valence-electron chi connectivity index (χ2n) is 6.33. The molecule has 0 aromatic rings. The third-order valence-corrected chi connectivity index (χ3v) is 5.38. The molecule has 108 valence electrons. The minimum atomic E-state index is 0.0389. The number of rotatable bonds is 4. The van der Waals surface area contributed by atoms with Gasteiger partial charge in [0, 0.05) is 18.1 Å². The van der Waals surface area contributed by atoms with Gasteiger partial charge in [-0.25, -0.2) is 0 Å². The van der Waals surface area contributed by atoms with Crippen molar-refractivity contribution in [2.24, 2.45) is 5.41 Å². The van der Waals surface area contributed by atoms with Crippen molar-refractivity contribution in [1.82, 2.24) is 10.6 Å². The highest BCUT2D eigenvalue weighted by Gasteiger charge is 2.59. The van der Waals surface area contributed by atoms with E-state index in [-0.39, 0.29) is 17.4 Å². The molecule has 3 atom stereocenters. The molecule has 2 aliphatic carbocycles. The van der Waals surface area contributed by atoms with Gasteiger partial charge in [0.2, 0.25) is 5.91 Å². The van der Waals surface area contributed by atoms with Crippen LogP contribution in [0.25, 0.3) is 0 Å². The molecule has 1 saturated heterocycles. The Balaban J connectivity index is 1.54. The Hall–Kier alpha value is -0.610. The van der Waals surface area contributed by atoms with Crippen LogP contribution in [0.4, 0.5) is 0 Å². The first kappa shape index (κ1) is 13.4. The summed E-state index contributed by atoms with van der Waals surface area (Å²) in [7, 11) is 0. The van der Waals surface area contributed by atoms with E-state index in [2.05, 4.69) is 17.6 Å². The van der Waals surface area contributed by atoms with Gasteiger partial charge in [0.1, 0.15) is 0 Å². The molecule has 0 bridgehead atoms. The minimum absolute atomic E-state index is 0.0389. The lowest BCUT2D eigenvalue weighted by molar-refractivity contribution is -0.176. The molecule has 0 aromatic heterocycles. The number of carbonyl (C=O) groups is 1. The molecule has 19 heavy (non-hydrogen) atoms. The zero-order chi connectivity index (χ0) is 13.3. The zero-order valence-corrected chi connectivity index (χ0v) is 11.9. The van der Waals surface area contributed by atoms with Crippen LogP contribution in [-0.4, -0.2) is 37.2 Å². The third-order valence-electron chi connectivity index (χ3n) is 5.38. The van der Waals surface area contributed by atoms with E-state index in [4.69, 9.17) is 4.74 Å². The lowest BCUT2D eigenvalue weighted by Gasteiger charge is -2.61. The van der Waals surface area contributed by atoms with Crippen molar-refractivity contribution < 1.29 is 9.53 Å². The molecular formula is C15H26N2O2. The molecular weight excluding hydrogens is 240 g/mol. The molecule has 4 heteroatoms. The Morgan fingerprint density at radius 1 is 1.37 bits per heavy atom. The van der Waals surface area contributed by atoms with Gasteiger partial charge in [-0.1, -0.05) is 12.8 Å². The lowest BCUT2D eigenvalue weighted by atomic mass is 9.51. The van der Waals surface area contributed by atoms with E-state index in [0.717, 1.165) is 26.0 Å². The molecule has 1 spiro atoms. The molecule has 2 saturated carbocycles. The predicted molar refractivity (Wildman–Crippen MR) is 73.9 cm³/mol. The summed E-state index contributed by atoms with van der Waals surface area (Å²) in [4.78, 5) is 12.3. The van der Waals surface area contributed by atoms with Crippen LogP contribution in [0.15, 0.2) is 0 Å². The number of piperidine rings is 1. The molecule has 1 aliphatic heterocycles. The molecule has 3 unspecified atom stereocenters. The van der Waals surface area contributed by atoms with Gasteiger partial charge in [-0.2, -0.15) is 0 Å². The highest BCUT2D eigenvalue weighted by Crippen LogP contribution is 2.57. The summed E-state index contributed by atoms with van der Waals surface area (Å²) in [6.07, 6.45) is 8.48. The Morgan fingerprint density at radius 2 is 2.21 bits per heavy atom. The highest BCUT2D eigenvalue weighted by atomic mass is 16.5. The average molecular weight is 266 g/mol. The van der Waals surface area contributed by atoms with Gasteiger partial charge in [0.25, 0.3) is 0 Å². The van der Waals surface area contributed by atoms with Crippen LogP contribution in [0.3, 0.4) is 0 Å². The van der Waals surface area contributed by atoms with Gasteiger partial charge >= 0.3 is 0 Å². The number of hydrogen-bond donors (Lipinski definition) is 2. The summed E-state index contributed by atoms with van der Waals surface area (Å²) in [5.74, 6) is 0.214. The van der Waals surface area contributed by atoms with Crippen molar-refractivity contribution in [2.75, 3.05) is 13.2 Å². The first-order valence-electron chi connectivity index (χ1n) is 7.91. The third kappa shape index (κ3) is 2.29. The zero-order valence-electron chi connectivity index (χ0n) is 11.9. The summed E-state index contributed by atoms with van der Waals surface area (Å²) >= 11 is 0. The Kier molecular flexibility index (Phi) is 3.81. The van der Waals surface area contributed by atoms with Gasteiger partial charge in [-0.15, -0.1) is 0 Å². The quantitative estimate of drug-likeness (QED) is 0.812. The van der Waals surface area contributed by atoms with E-state index in [9.17, 15) is 4.79 Å². The topological polar surface area (TPSA) is 50.4 Å². The predicted octanol–water partition coefficient (Wildman–Crippen LogP) is 1.59. The monoisotopic (exact) mass is 266 g/mol. The van der Waals surface area contributed by atoms with Crippen LogP contribution in [0.2, 0.25) is 0 Å². The maximum absolute atomic E-state index is 12.3. The van der Waals surface area contributed by atoms with Gasteiger partial charge in [-0.3, -0.25) is 4.79 Å². The van der Waals surface area contributed by atoms with Gasteiger partial charge < -0.3 is 15.4 Å². The highest BCUT2D eigenvalue weighted by molar-refractivity contribution is 5.82. The van der Waals surface area contributed by atoms with Crippen molar-refractivity contribution in [1.29, 1.82) is 0 Å². The Bertz CT molecular complexity index is 335. The van der Waals surface area contributed by atoms with E-state index in [0.29, 0.717) is 12.1 Å². The molecule has 3 aliphatic rings. The summed E-state index contributed by atoms with van der Waals surface area (Å²) in [6, 6.07) is 0.394. The maximum Gasteiger partial charge on any atom is 0.237 e. The Morgan fingerprint density at radius 3 is 2.79 bits per heavy atom. The number of ether oxygens (including phenoxy) is 1. The number of hydrogen-bond acceptors (Lipinski definition) is 3. The van der Waals surface area contributed by atoms with Crippen LogP contribution < -0.4 is 10.6 Å². The molecule has 1 amide bonds. The van der Waals surface area contributed by atoms with E-state index >= 15 is 0 Å². The van der Waals surface area contributed by atoms with Crippen molar-refractivity contribution >= 4 is 5.91 Å². The fourth-order valence-electron chi connectivity index (χ4n) is 3.99. The molecule has 0 radical (unpaired) electrons. The van der Waals surface area contributed by atoms with E-state index in [1.165, 1.54) is 32.1 Å². The van der Waals surface area contributed by atoms with E-state index < -0.39 is 0 Å². The first-order valence-corrected chi connectivity index (χ1v) is 7.91. The molecule has 1 heterocycles. The Labute approximate surface area is 115 Å². The molecule has 3 fully saturated rings. The van der Waals surface area contributed by atoms with Crippen molar-refractivity contribution in [3.63, 3.8) is 0 Å². The van der Waals surface area contributed by atoms with Gasteiger partial charge in [0.05, 0.1) is 12.1 Å². The summed E-state index contributed by atoms with van der Waals surface area (Å²) in [6.45, 7) is 3.83. The van der Waals surface area contributed by atoms with Gasteiger partial charge in [-0.05, 0) is 45.6 Å². The number of amides is 1. The normalized spacial score (nSPS) is 36.4. The van der Waals surface area contributed by atoms with Crippen LogP contribution in [-0.2, 0) is 9.53 Å². The average Bonchev–Trinajstić information content (AvgIpc) is 2.36. The maximum atomic E-state index is 12.3. The SMILES string of the molecule is CCOC1CC(NC(=O)C2CCCCN2)C12CCC2. The van der Waals surface area contributed by atoms with Crippen molar-refractivity contribution in [3.05, 3.63) is 0 Å². The van der Waals surface area contributed by atoms with E-state index in [1.807, 2.05) is 0 Å². The van der Waals surface area contributed by atoms with Gasteiger partial charge in [0.15, 0.2) is 0 Å². The van der Waals surface area contributed by atoms with Crippen LogP contribution in [0.1, 0.15) is 51.9 Å². The summed E-state index contributed by atoms with van der Waals surface area (Å²) < 4.78 is 5.83. The smallest absolute Gasteiger partial charge is 0.237 e. The molecule has 0 aromatic carbocycles. The lowest BCUT2D eigenvalue weighted by Crippen LogP contribution is -2.69. The minimum Gasteiger partial charge on any atom is -0.378 e. The number of nitrogens with one attached hydrogen (secondary N) is 2. The second-order valence-corrected chi connectivity index (χ2v) is 6.33.